The van der Waals surface area contributed by atoms with Gasteiger partial charge in [0.25, 0.3) is 0 Å². The van der Waals surface area contributed by atoms with Crippen LogP contribution < -0.4 is 26.1 Å². The molecule has 0 radical (unpaired) electrons. The summed E-state index contributed by atoms with van der Waals surface area (Å²) in [5.41, 5.74) is 0.619. The fraction of sp³-hybridized carbons (Fsp3) is 0.435. The molecular weight excluding hydrogens is 467 g/mol. The molecule has 0 amide bonds. The molecule has 2 rings (SSSR count). The van der Waals surface area contributed by atoms with Gasteiger partial charge in [-0.2, -0.15) is 0 Å². The van der Waals surface area contributed by atoms with Gasteiger partial charge in [-0.1, -0.05) is 0 Å². The Morgan fingerprint density at radius 1 is 0.786 bits per heavy atom. The first-order chi connectivity index (χ1) is 13.7. The van der Waals surface area contributed by atoms with Gasteiger partial charge in [0, 0.05) is 0 Å². The van der Waals surface area contributed by atoms with E-state index in [4.69, 9.17) is 14.5 Å². The van der Waals surface area contributed by atoms with E-state index in [1.54, 1.807) is 0 Å². The first kappa shape index (κ1) is 22.7. The Morgan fingerprint density at radius 3 is 1.96 bits per heavy atom. The summed E-state index contributed by atoms with van der Waals surface area (Å²) in [7, 11) is 0. The SMILES string of the molecule is CCCCCOOc1ccc([I-]c2ccc(C(=O)OCCCCC)cc2)cc1. The monoisotopic (exact) mass is 497 g/mol. The summed E-state index contributed by atoms with van der Waals surface area (Å²) in [6.45, 7) is 5.41. The van der Waals surface area contributed by atoms with E-state index >= 15 is 0 Å². The molecule has 28 heavy (non-hydrogen) atoms. The van der Waals surface area contributed by atoms with E-state index in [9.17, 15) is 4.79 Å². The number of benzene rings is 2. The average Bonchev–Trinajstić information content (AvgIpc) is 2.73. The summed E-state index contributed by atoms with van der Waals surface area (Å²) in [6.07, 6.45) is 6.48. The molecule has 2 aromatic rings. The number of esters is 1. The summed E-state index contributed by atoms with van der Waals surface area (Å²) < 4.78 is 7.84. The van der Waals surface area contributed by atoms with Crippen molar-refractivity contribution >= 4 is 5.97 Å². The second-order valence-electron chi connectivity index (χ2n) is 6.51. The van der Waals surface area contributed by atoms with Gasteiger partial charge in [0.05, 0.1) is 0 Å². The first-order valence-electron chi connectivity index (χ1n) is 10.0. The van der Waals surface area contributed by atoms with Gasteiger partial charge < -0.3 is 0 Å². The van der Waals surface area contributed by atoms with Gasteiger partial charge in [-0.15, -0.1) is 0 Å². The molecule has 4 nitrogen and oxygen atoms in total. The molecule has 0 atom stereocenters. The fourth-order valence-electron chi connectivity index (χ4n) is 2.45. The van der Waals surface area contributed by atoms with E-state index in [1.165, 1.54) is 13.6 Å². The molecule has 0 N–H and O–H groups in total. The summed E-state index contributed by atoms with van der Waals surface area (Å²) in [6, 6.07) is 15.8. The molecule has 0 saturated carbocycles. The van der Waals surface area contributed by atoms with Crippen molar-refractivity contribution in [1.82, 2.24) is 0 Å². The zero-order valence-corrected chi connectivity index (χ0v) is 18.9. The molecular formula is C23H30IO4-. The molecule has 0 aliphatic rings. The number of rotatable bonds is 13. The maximum absolute atomic E-state index is 12.0. The summed E-state index contributed by atoms with van der Waals surface area (Å²) in [5, 5.41) is 0. The molecule has 0 fully saturated rings. The molecule has 0 aliphatic carbocycles. The standard InChI is InChI=1S/C23H30IO4/c1-3-5-7-17-26-23(25)19-9-11-20(12-10-19)24-21-13-15-22(16-14-21)28-27-18-8-6-4-2/h9-16H,3-8,17-18H2,1-2H3/q-1. The van der Waals surface area contributed by atoms with Crippen molar-refractivity contribution in [2.45, 2.75) is 52.4 Å². The predicted octanol–water partition coefficient (Wildman–Crippen LogP) is 2.66. The van der Waals surface area contributed by atoms with Crippen LogP contribution in [0.1, 0.15) is 62.7 Å². The molecule has 2 aromatic carbocycles. The molecule has 0 aromatic heterocycles. The van der Waals surface area contributed by atoms with E-state index in [1.807, 2.05) is 36.4 Å². The predicted molar refractivity (Wildman–Crippen MR) is 106 cm³/mol. The quantitative estimate of drug-likeness (QED) is 0.140. The summed E-state index contributed by atoms with van der Waals surface area (Å²) in [4.78, 5) is 22.6. The van der Waals surface area contributed by atoms with Crippen LogP contribution >= 0.6 is 0 Å². The van der Waals surface area contributed by atoms with Crippen molar-refractivity contribution in [2.24, 2.45) is 0 Å². The third-order valence-electron chi connectivity index (χ3n) is 4.08. The summed E-state index contributed by atoms with van der Waals surface area (Å²) in [5.74, 6) is 0.492. The molecule has 154 valence electrons. The second kappa shape index (κ2) is 13.6. The Bertz CT molecular complexity index is 683. The molecule has 0 aliphatic heterocycles. The van der Waals surface area contributed by atoms with E-state index < -0.39 is 0 Å². The van der Waals surface area contributed by atoms with Crippen LogP contribution in [0.2, 0.25) is 0 Å². The van der Waals surface area contributed by atoms with Crippen LogP contribution in [0.25, 0.3) is 0 Å². The Kier molecular flexibility index (Phi) is 11.0. The van der Waals surface area contributed by atoms with E-state index in [2.05, 4.69) is 26.0 Å². The Hall–Kier alpha value is -1.60. The fourth-order valence-corrected chi connectivity index (χ4v) is 4.61. The third kappa shape index (κ3) is 8.61. The topological polar surface area (TPSA) is 44.8 Å². The van der Waals surface area contributed by atoms with Gasteiger partial charge in [-0.25, -0.2) is 0 Å². The van der Waals surface area contributed by atoms with Crippen molar-refractivity contribution in [3.63, 3.8) is 0 Å². The minimum absolute atomic E-state index is 0.235. The van der Waals surface area contributed by atoms with Gasteiger partial charge >= 0.3 is 179 Å². The van der Waals surface area contributed by atoms with Crippen LogP contribution in [0.5, 0.6) is 5.75 Å². The zero-order chi connectivity index (χ0) is 20.0. The van der Waals surface area contributed by atoms with Crippen LogP contribution in [0.4, 0.5) is 0 Å². The number of unbranched alkanes of at least 4 members (excludes halogenated alkanes) is 4. The molecule has 5 heteroatoms. The number of ether oxygens (including phenoxy) is 1. The van der Waals surface area contributed by atoms with Gasteiger partial charge in [0.15, 0.2) is 0 Å². The van der Waals surface area contributed by atoms with Crippen molar-refractivity contribution < 1.29 is 40.5 Å². The first-order valence-corrected chi connectivity index (χ1v) is 12.2. The van der Waals surface area contributed by atoms with Crippen molar-refractivity contribution in [3.8, 4) is 5.75 Å². The van der Waals surface area contributed by atoms with Gasteiger partial charge in [0.2, 0.25) is 0 Å². The molecule has 0 heterocycles. The Labute approximate surface area is 178 Å². The van der Waals surface area contributed by atoms with E-state index in [0.717, 1.165) is 37.9 Å². The van der Waals surface area contributed by atoms with Crippen LogP contribution in [0.3, 0.4) is 0 Å². The third-order valence-corrected chi connectivity index (χ3v) is 6.76. The number of hydrogen-bond acceptors (Lipinski definition) is 4. The Balaban J connectivity index is 1.77. The van der Waals surface area contributed by atoms with Crippen LogP contribution in [-0.2, 0) is 9.62 Å². The number of halogens is 1. The second-order valence-corrected chi connectivity index (χ2v) is 9.54. The summed E-state index contributed by atoms with van der Waals surface area (Å²) >= 11 is -0.304. The normalized spacial score (nSPS) is 10.8. The molecule has 0 spiro atoms. The number of carbonyl (C=O) groups is 1. The number of carbonyl (C=O) groups excluding carboxylic acids is 1. The van der Waals surface area contributed by atoms with Crippen molar-refractivity contribution in [3.05, 3.63) is 61.2 Å². The van der Waals surface area contributed by atoms with Crippen molar-refractivity contribution in [1.29, 1.82) is 0 Å². The molecule has 0 saturated heterocycles. The van der Waals surface area contributed by atoms with Crippen molar-refractivity contribution in [2.75, 3.05) is 13.2 Å². The van der Waals surface area contributed by atoms with Crippen LogP contribution in [-0.4, -0.2) is 19.2 Å². The Morgan fingerprint density at radius 2 is 1.36 bits per heavy atom. The van der Waals surface area contributed by atoms with Gasteiger partial charge in [-0.05, 0) is 0 Å². The maximum atomic E-state index is 12.0. The van der Waals surface area contributed by atoms with Gasteiger partial charge in [-0.3, -0.25) is 0 Å². The van der Waals surface area contributed by atoms with E-state index in [-0.39, 0.29) is 27.2 Å². The average molecular weight is 497 g/mol. The van der Waals surface area contributed by atoms with Gasteiger partial charge in [0.1, 0.15) is 0 Å². The minimum atomic E-state index is -0.304. The number of hydrogen-bond donors (Lipinski definition) is 0. The zero-order valence-electron chi connectivity index (χ0n) is 16.8. The molecule has 0 unspecified atom stereocenters. The van der Waals surface area contributed by atoms with Crippen LogP contribution in [0, 0.1) is 7.14 Å². The van der Waals surface area contributed by atoms with Crippen LogP contribution in [0.15, 0.2) is 48.5 Å². The molecule has 0 bridgehead atoms. The van der Waals surface area contributed by atoms with E-state index in [0.29, 0.717) is 18.8 Å².